The van der Waals surface area contributed by atoms with Crippen molar-refractivity contribution >= 4 is 28.8 Å². The Balaban J connectivity index is 1.53. The topological polar surface area (TPSA) is 124 Å². The highest BCUT2D eigenvalue weighted by Crippen LogP contribution is 2.30. The van der Waals surface area contributed by atoms with Crippen LogP contribution >= 0.6 is 0 Å². The molecular formula is C21H30N6O3. The number of nitrogen functional groups attached to an aromatic ring is 1. The van der Waals surface area contributed by atoms with E-state index in [0.29, 0.717) is 17.3 Å². The summed E-state index contributed by atoms with van der Waals surface area (Å²) in [6.07, 6.45) is 10.3. The van der Waals surface area contributed by atoms with E-state index in [-0.39, 0.29) is 29.8 Å². The van der Waals surface area contributed by atoms with Gasteiger partial charge in [-0.25, -0.2) is 9.78 Å². The quantitative estimate of drug-likeness (QED) is 0.702. The number of carbonyl (C=O) groups is 1. The summed E-state index contributed by atoms with van der Waals surface area (Å²) in [5.41, 5.74) is 7.04. The van der Waals surface area contributed by atoms with Gasteiger partial charge in [0.2, 0.25) is 5.95 Å². The van der Waals surface area contributed by atoms with Gasteiger partial charge < -0.3 is 21.1 Å². The Hall–Kier alpha value is -2.84. The van der Waals surface area contributed by atoms with Crippen LogP contribution in [0.3, 0.4) is 0 Å². The molecule has 30 heavy (non-hydrogen) atoms. The standard InChI is InChI=1S/C21H30N6O3/c1-30-21(29)25-14-9-7-13(8-10-14)24-20-23-12-16-17(22)11-18(28)27(19(16)26-20)15-5-3-2-4-6-15/h11-15H,2-10,22H2,1H3,(H,25,29)(H,23,24,26)/t13-,14-. The van der Waals surface area contributed by atoms with Crippen LogP contribution < -0.4 is 21.9 Å². The summed E-state index contributed by atoms with van der Waals surface area (Å²) in [4.78, 5) is 33.3. The lowest BCUT2D eigenvalue weighted by molar-refractivity contribution is 0.162. The predicted octanol–water partition coefficient (Wildman–Crippen LogP) is 2.96. The molecule has 9 nitrogen and oxygen atoms in total. The Morgan fingerprint density at radius 2 is 1.83 bits per heavy atom. The molecule has 2 aromatic rings. The zero-order valence-corrected chi connectivity index (χ0v) is 17.4. The van der Waals surface area contributed by atoms with Gasteiger partial charge in [0.15, 0.2) is 5.65 Å². The minimum atomic E-state index is -0.387. The molecule has 0 unspecified atom stereocenters. The van der Waals surface area contributed by atoms with Crippen molar-refractivity contribution < 1.29 is 9.53 Å². The van der Waals surface area contributed by atoms with Crippen LogP contribution in [0.25, 0.3) is 11.0 Å². The van der Waals surface area contributed by atoms with Crippen LogP contribution in [0.1, 0.15) is 63.8 Å². The number of aromatic nitrogens is 3. The monoisotopic (exact) mass is 414 g/mol. The fraction of sp³-hybridized carbons (Fsp3) is 0.619. The summed E-state index contributed by atoms with van der Waals surface area (Å²) in [7, 11) is 1.37. The largest absolute Gasteiger partial charge is 0.453 e. The highest BCUT2D eigenvalue weighted by molar-refractivity contribution is 5.87. The molecule has 2 heterocycles. The van der Waals surface area contributed by atoms with E-state index in [1.54, 1.807) is 6.20 Å². The second kappa shape index (κ2) is 8.89. The Labute approximate surface area is 175 Å². The summed E-state index contributed by atoms with van der Waals surface area (Å²) < 4.78 is 6.49. The molecule has 0 saturated heterocycles. The number of hydrogen-bond donors (Lipinski definition) is 3. The van der Waals surface area contributed by atoms with Crippen LogP contribution in [0, 0.1) is 0 Å². The fourth-order valence-corrected chi connectivity index (χ4v) is 4.70. The molecule has 4 rings (SSSR count). The van der Waals surface area contributed by atoms with Crippen molar-refractivity contribution in [1.29, 1.82) is 0 Å². The average Bonchev–Trinajstić information content (AvgIpc) is 2.75. The van der Waals surface area contributed by atoms with E-state index in [1.807, 2.05) is 4.57 Å². The minimum Gasteiger partial charge on any atom is -0.453 e. The average molecular weight is 415 g/mol. The Morgan fingerprint density at radius 3 is 2.53 bits per heavy atom. The summed E-state index contributed by atoms with van der Waals surface area (Å²) in [6.45, 7) is 0. The summed E-state index contributed by atoms with van der Waals surface area (Å²) in [5, 5.41) is 6.99. The third-order valence-corrected chi connectivity index (χ3v) is 6.33. The highest BCUT2D eigenvalue weighted by Gasteiger charge is 2.24. The lowest BCUT2D eigenvalue weighted by atomic mass is 9.91. The Morgan fingerprint density at radius 1 is 1.13 bits per heavy atom. The van der Waals surface area contributed by atoms with Crippen molar-refractivity contribution in [2.75, 3.05) is 18.2 Å². The van der Waals surface area contributed by atoms with Crippen molar-refractivity contribution in [3.8, 4) is 0 Å². The van der Waals surface area contributed by atoms with Gasteiger partial charge in [0.1, 0.15) is 0 Å². The van der Waals surface area contributed by atoms with Crippen LogP contribution in [0.2, 0.25) is 0 Å². The first-order valence-electron chi connectivity index (χ1n) is 10.8. The molecule has 2 fully saturated rings. The Kier molecular flexibility index (Phi) is 6.06. The van der Waals surface area contributed by atoms with Crippen LogP contribution in [0.15, 0.2) is 17.1 Å². The fourth-order valence-electron chi connectivity index (χ4n) is 4.70. The Bertz CT molecular complexity index is 961. The normalized spacial score (nSPS) is 22.6. The van der Waals surface area contributed by atoms with E-state index < -0.39 is 0 Å². The third kappa shape index (κ3) is 4.34. The molecule has 4 N–H and O–H groups in total. The van der Waals surface area contributed by atoms with E-state index >= 15 is 0 Å². The molecule has 0 atom stereocenters. The predicted molar refractivity (Wildman–Crippen MR) is 116 cm³/mol. The number of nitrogens with two attached hydrogens (primary N) is 1. The van der Waals surface area contributed by atoms with Gasteiger partial charge in [-0.05, 0) is 38.5 Å². The van der Waals surface area contributed by atoms with Crippen molar-refractivity contribution in [3.05, 3.63) is 22.6 Å². The number of hydrogen-bond acceptors (Lipinski definition) is 7. The minimum absolute atomic E-state index is 0.0917. The van der Waals surface area contributed by atoms with Gasteiger partial charge in [0.05, 0.1) is 12.5 Å². The first-order valence-corrected chi connectivity index (χ1v) is 10.8. The number of rotatable bonds is 4. The van der Waals surface area contributed by atoms with E-state index in [0.717, 1.165) is 56.8 Å². The number of carbonyl (C=O) groups excluding carboxylic acids is 1. The first kappa shape index (κ1) is 20.4. The summed E-state index contributed by atoms with van der Waals surface area (Å²) >= 11 is 0. The number of pyridine rings is 1. The maximum atomic E-state index is 12.8. The second-order valence-corrected chi connectivity index (χ2v) is 8.36. The molecular weight excluding hydrogens is 384 g/mol. The van der Waals surface area contributed by atoms with Crippen molar-refractivity contribution in [2.24, 2.45) is 0 Å². The number of methoxy groups -OCH3 is 1. The van der Waals surface area contributed by atoms with Crippen LogP contribution in [-0.4, -0.2) is 39.8 Å². The smallest absolute Gasteiger partial charge is 0.407 e. The van der Waals surface area contributed by atoms with Gasteiger partial charge >= 0.3 is 6.09 Å². The maximum Gasteiger partial charge on any atom is 0.407 e. The highest BCUT2D eigenvalue weighted by atomic mass is 16.5. The lowest BCUT2D eigenvalue weighted by Crippen LogP contribution is -2.40. The summed E-state index contributed by atoms with van der Waals surface area (Å²) in [5.74, 6) is 0.515. The number of ether oxygens (including phenoxy) is 1. The van der Waals surface area contributed by atoms with Gasteiger partial charge in [-0.3, -0.25) is 9.36 Å². The van der Waals surface area contributed by atoms with Crippen LogP contribution in [-0.2, 0) is 4.74 Å². The van der Waals surface area contributed by atoms with Gasteiger partial charge in [-0.15, -0.1) is 0 Å². The molecule has 2 aliphatic carbocycles. The van der Waals surface area contributed by atoms with Crippen LogP contribution in [0.5, 0.6) is 0 Å². The van der Waals surface area contributed by atoms with E-state index in [4.69, 9.17) is 10.7 Å². The molecule has 2 saturated carbocycles. The molecule has 0 aliphatic heterocycles. The van der Waals surface area contributed by atoms with Gasteiger partial charge in [0, 0.05) is 36.1 Å². The molecule has 9 heteroatoms. The molecule has 0 spiro atoms. The number of fused-ring (bicyclic) bond motifs is 1. The zero-order valence-electron chi connectivity index (χ0n) is 17.4. The van der Waals surface area contributed by atoms with Gasteiger partial charge in [-0.2, -0.15) is 4.98 Å². The number of alkyl carbamates (subject to hydrolysis) is 1. The third-order valence-electron chi connectivity index (χ3n) is 6.33. The van der Waals surface area contributed by atoms with Crippen LogP contribution in [0.4, 0.5) is 16.4 Å². The molecule has 2 aliphatic rings. The molecule has 0 radical (unpaired) electrons. The number of amides is 1. The molecule has 162 valence electrons. The molecule has 2 aromatic heterocycles. The summed E-state index contributed by atoms with van der Waals surface area (Å²) in [6, 6.07) is 2.00. The second-order valence-electron chi connectivity index (χ2n) is 8.36. The maximum absolute atomic E-state index is 12.8. The molecule has 1 amide bonds. The van der Waals surface area contributed by atoms with E-state index in [2.05, 4.69) is 20.4 Å². The first-order chi connectivity index (χ1) is 14.5. The van der Waals surface area contributed by atoms with Crippen molar-refractivity contribution in [3.63, 3.8) is 0 Å². The zero-order chi connectivity index (χ0) is 21.1. The number of nitrogens with one attached hydrogen (secondary N) is 2. The number of anilines is 2. The molecule has 0 aromatic carbocycles. The SMILES string of the molecule is COC(=O)N[C@H]1CC[C@H](Nc2ncc3c(N)cc(=O)n(C4CCCCC4)c3n2)CC1. The van der Waals surface area contributed by atoms with Gasteiger partial charge in [0.25, 0.3) is 5.56 Å². The van der Waals surface area contributed by atoms with Gasteiger partial charge in [-0.1, -0.05) is 19.3 Å². The van der Waals surface area contributed by atoms with E-state index in [1.165, 1.54) is 19.6 Å². The number of nitrogens with zero attached hydrogens (tertiary/aromatic N) is 3. The van der Waals surface area contributed by atoms with E-state index in [9.17, 15) is 9.59 Å². The van der Waals surface area contributed by atoms with Crippen molar-refractivity contribution in [1.82, 2.24) is 19.9 Å². The molecule has 0 bridgehead atoms. The van der Waals surface area contributed by atoms with Crippen molar-refractivity contribution in [2.45, 2.75) is 75.9 Å². The lowest BCUT2D eigenvalue weighted by Gasteiger charge is -2.29.